The van der Waals surface area contributed by atoms with Crippen molar-refractivity contribution >= 4 is 5.71 Å². The van der Waals surface area contributed by atoms with Crippen molar-refractivity contribution in [2.75, 3.05) is 6.54 Å². The average Bonchev–Trinajstić information content (AvgIpc) is 1.97. The maximum Gasteiger partial charge on any atom is 0.257 e. The van der Waals surface area contributed by atoms with Crippen LogP contribution in [0, 0.1) is 0 Å². The zero-order valence-electron chi connectivity index (χ0n) is 6.43. The Kier molecular flexibility index (Phi) is 5.33. The molecule has 2 N–H and O–H groups in total. The van der Waals surface area contributed by atoms with E-state index in [-0.39, 0.29) is 0 Å². The van der Waals surface area contributed by atoms with Gasteiger partial charge < -0.3 is 5.73 Å². The van der Waals surface area contributed by atoms with Gasteiger partial charge in [0.05, 0.1) is 0 Å². The number of allylic oxidation sites excluding steroid dienone is 1. The third-order valence-electron chi connectivity index (χ3n) is 1.08. The molecule has 0 unspecified atom stereocenters. The van der Waals surface area contributed by atoms with Crippen molar-refractivity contribution in [1.82, 2.24) is 0 Å². The second kappa shape index (κ2) is 5.82. The third-order valence-corrected chi connectivity index (χ3v) is 1.08. The standard InChI is InChI=1S/C7H12F2N2/c1-2-6(3-4-10)11-5-7(8)9/h3-4,7H,2,5,10H2,1H3/b4-3-,11-6?. The number of rotatable bonds is 4. The fourth-order valence-electron chi connectivity index (χ4n) is 0.580. The Morgan fingerprint density at radius 2 is 2.27 bits per heavy atom. The molecule has 4 heteroatoms. The molecule has 0 saturated heterocycles. The van der Waals surface area contributed by atoms with Gasteiger partial charge in [-0.05, 0) is 18.7 Å². The molecule has 0 aliphatic rings. The molecule has 0 aromatic heterocycles. The van der Waals surface area contributed by atoms with Gasteiger partial charge in [0.15, 0.2) is 0 Å². The Bertz CT molecular complexity index is 153. The summed E-state index contributed by atoms with van der Waals surface area (Å²) in [6, 6.07) is 0. The lowest BCUT2D eigenvalue weighted by Crippen LogP contribution is -2.00. The maximum absolute atomic E-state index is 11.6. The highest BCUT2D eigenvalue weighted by atomic mass is 19.3. The van der Waals surface area contributed by atoms with Gasteiger partial charge in [0.25, 0.3) is 6.43 Å². The van der Waals surface area contributed by atoms with Crippen LogP contribution in [0.2, 0.25) is 0 Å². The van der Waals surface area contributed by atoms with Crippen molar-refractivity contribution in [2.24, 2.45) is 10.7 Å². The van der Waals surface area contributed by atoms with Gasteiger partial charge in [-0.1, -0.05) is 6.92 Å². The first kappa shape index (κ1) is 10.1. The lowest BCUT2D eigenvalue weighted by Gasteiger charge is -1.96. The van der Waals surface area contributed by atoms with Crippen molar-refractivity contribution in [3.05, 3.63) is 12.3 Å². The van der Waals surface area contributed by atoms with Crippen LogP contribution in [0.5, 0.6) is 0 Å². The van der Waals surface area contributed by atoms with Gasteiger partial charge in [0.1, 0.15) is 6.54 Å². The van der Waals surface area contributed by atoms with Crippen LogP contribution >= 0.6 is 0 Å². The van der Waals surface area contributed by atoms with E-state index in [0.717, 1.165) is 0 Å². The first-order chi connectivity index (χ1) is 5.20. The molecular formula is C7H12F2N2. The molecule has 0 radical (unpaired) electrons. The minimum Gasteiger partial charge on any atom is -0.405 e. The molecule has 0 aromatic rings. The number of aliphatic imine (C=N–C) groups is 1. The quantitative estimate of drug-likeness (QED) is 0.626. The minimum absolute atomic E-state index is 0.437. The van der Waals surface area contributed by atoms with Crippen molar-refractivity contribution in [3.63, 3.8) is 0 Å². The molecule has 0 amide bonds. The topological polar surface area (TPSA) is 38.4 Å². The average molecular weight is 162 g/mol. The summed E-state index contributed by atoms with van der Waals surface area (Å²) in [7, 11) is 0. The van der Waals surface area contributed by atoms with Crippen LogP contribution in [-0.2, 0) is 0 Å². The Morgan fingerprint density at radius 3 is 2.64 bits per heavy atom. The lowest BCUT2D eigenvalue weighted by atomic mass is 10.3. The second-order valence-corrected chi connectivity index (χ2v) is 1.94. The highest BCUT2D eigenvalue weighted by Crippen LogP contribution is 1.95. The first-order valence-electron chi connectivity index (χ1n) is 3.40. The van der Waals surface area contributed by atoms with Gasteiger partial charge in [0.2, 0.25) is 0 Å². The van der Waals surface area contributed by atoms with Crippen molar-refractivity contribution in [3.8, 4) is 0 Å². The molecule has 2 nitrogen and oxygen atoms in total. The van der Waals surface area contributed by atoms with E-state index in [0.29, 0.717) is 12.1 Å². The molecule has 0 aromatic carbocycles. The predicted molar refractivity (Wildman–Crippen MR) is 41.9 cm³/mol. The van der Waals surface area contributed by atoms with Crippen LogP contribution in [0.4, 0.5) is 8.78 Å². The van der Waals surface area contributed by atoms with Gasteiger partial charge in [-0.25, -0.2) is 8.78 Å². The number of hydrogen-bond donors (Lipinski definition) is 1. The fourth-order valence-corrected chi connectivity index (χ4v) is 0.580. The number of halogens is 2. The van der Waals surface area contributed by atoms with E-state index < -0.39 is 13.0 Å². The predicted octanol–water partition coefficient (Wildman–Crippen LogP) is 1.57. The first-order valence-corrected chi connectivity index (χ1v) is 3.40. The van der Waals surface area contributed by atoms with Crippen molar-refractivity contribution < 1.29 is 8.78 Å². The van der Waals surface area contributed by atoms with Crippen LogP contribution in [0.15, 0.2) is 17.3 Å². The van der Waals surface area contributed by atoms with Crippen LogP contribution in [-0.4, -0.2) is 18.7 Å². The number of hydrogen-bond acceptors (Lipinski definition) is 2. The van der Waals surface area contributed by atoms with Gasteiger partial charge in [-0.2, -0.15) is 0 Å². The van der Waals surface area contributed by atoms with Gasteiger partial charge in [-0.15, -0.1) is 0 Å². The molecule has 0 fully saturated rings. The molecule has 0 aliphatic carbocycles. The largest absolute Gasteiger partial charge is 0.405 e. The fraction of sp³-hybridized carbons (Fsp3) is 0.571. The molecule has 0 atom stereocenters. The molecule has 0 heterocycles. The highest BCUT2D eigenvalue weighted by Gasteiger charge is 1.99. The molecular weight excluding hydrogens is 150 g/mol. The highest BCUT2D eigenvalue weighted by molar-refractivity contribution is 5.94. The molecule has 0 rings (SSSR count). The zero-order chi connectivity index (χ0) is 8.69. The van der Waals surface area contributed by atoms with Crippen LogP contribution in [0.1, 0.15) is 13.3 Å². The monoisotopic (exact) mass is 162 g/mol. The van der Waals surface area contributed by atoms with Crippen LogP contribution < -0.4 is 5.73 Å². The summed E-state index contributed by atoms with van der Waals surface area (Å²) in [4.78, 5) is 3.63. The van der Waals surface area contributed by atoms with E-state index in [2.05, 4.69) is 4.99 Å². The minimum atomic E-state index is -2.37. The van der Waals surface area contributed by atoms with Crippen molar-refractivity contribution in [1.29, 1.82) is 0 Å². The molecule has 0 aliphatic heterocycles. The summed E-state index contributed by atoms with van der Waals surface area (Å²) >= 11 is 0. The Hall–Kier alpha value is -0.930. The van der Waals surface area contributed by atoms with Crippen LogP contribution in [0.3, 0.4) is 0 Å². The summed E-state index contributed by atoms with van der Waals surface area (Å²) < 4.78 is 23.2. The molecule has 11 heavy (non-hydrogen) atoms. The Labute approximate surface area is 64.8 Å². The van der Waals surface area contributed by atoms with Gasteiger partial charge in [0, 0.05) is 5.71 Å². The SMILES string of the molecule is CCC(/C=C\N)=NCC(F)F. The summed E-state index contributed by atoms with van der Waals surface area (Å²) in [5.74, 6) is 0. The molecule has 0 spiro atoms. The summed E-state index contributed by atoms with van der Waals surface area (Å²) in [6.45, 7) is 1.40. The number of nitrogens with two attached hydrogens (primary N) is 1. The van der Waals surface area contributed by atoms with Gasteiger partial charge >= 0.3 is 0 Å². The van der Waals surface area contributed by atoms with E-state index in [1.165, 1.54) is 12.3 Å². The van der Waals surface area contributed by atoms with Crippen LogP contribution in [0.25, 0.3) is 0 Å². The molecule has 0 saturated carbocycles. The Balaban J connectivity index is 3.90. The Morgan fingerprint density at radius 1 is 1.64 bits per heavy atom. The van der Waals surface area contributed by atoms with Crippen molar-refractivity contribution in [2.45, 2.75) is 19.8 Å². The smallest absolute Gasteiger partial charge is 0.257 e. The van der Waals surface area contributed by atoms with E-state index in [4.69, 9.17) is 5.73 Å². The summed E-state index contributed by atoms with van der Waals surface area (Å²) in [6.07, 6.45) is 1.08. The second-order valence-electron chi connectivity index (χ2n) is 1.94. The summed E-state index contributed by atoms with van der Waals surface area (Å²) in [5, 5.41) is 0. The number of alkyl halides is 2. The third kappa shape index (κ3) is 5.51. The lowest BCUT2D eigenvalue weighted by molar-refractivity contribution is 0.159. The molecule has 64 valence electrons. The van der Waals surface area contributed by atoms with E-state index in [9.17, 15) is 8.78 Å². The molecule has 0 bridgehead atoms. The van der Waals surface area contributed by atoms with Gasteiger partial charge in [-0.3, -0.25) is 4.99 Å². The zero-order valence-corrected chi connectivity index (χ0v) is 6.43. The van der Waals surface area contributed by atoms with E-state index >= 15 is 0 Å². The normalized spacial score (nSPS) is 13.3. The number of nitrogens with zero attached hydrogens (tertiary/aromatic N) is 1. The van der Waals surface area contributed by atoms with E-state index in [1.54, 1.807) is 0 Å². The summed E-state index contributed by atoms with van der Waals surface area (Å²) in [5.41, 5.74) is 5.67. The maximum atomic E-state index is 11.6. The van der Waals surface area contributed by atoms with E-state index in [1.807, 2.05) is 6.92 Å².